The lowest BCUT2D eigenvalue weighted by Crippen LogP contribution is -2.57. The molecule has 0 N–H and O–H groups in total. The van der Waals surface area contributed by atoms with E-state index in [2.05, 4.69) is 37.9 Å². The molecule has 8 nitrogen and oxygen atoms in total. The van der Waals surface area contributed by atoms with Crippen molar-refractivity contribution in [1.29, 1.82) is 5.26 Å². The molecule has 0 saturated carbocycles. The number of piperidine rings is 1. The average Bonchev–Trinajstić information content (AvgIpc) is 3.17. The fourth-order valence-electron chi connectivity index (χ4n) is 4.00. The zero-order chi connectivity index (χ0) is 18.7. The fraction of sp³-hybridized carbons (Fsp3) is 0.579. The summed E-state index contributed by atoms with van der Waals surface area (Å²) in [5.74, 6) is 1.90. The lowest BCUT2D eigenvalue weighted by Gasteiger charge is -2.47. The molecule has 142 valence electrons. The number of hydrogen-bond donors (Lipinski definition) is 0. The Morgan fingerprint density at radius 3 is 2.89 bits per heavy atom. The Labute approximate surface area is 159 Å². The highest BCUT2D eigenvalue weighted by atomic mass is 16.5. The lowest BCUT2D eigenvalue weighted by molar-refractivity contribution is -0.0925. The van der Waals surface area contributed by atoms with Crippen LogP contribution < -0.4 is 4.90 Å². The molecule has 2 aromatic heterocycles. The summed E-state index contributed by atoms with van der Waals surface area (Å²) in [5.41, 5.74) is 0.334. The summed E-state index contributed by atoms with van der Waals surface area (Å²) >= 11 is 0. The molecule has 4 rings (SSSR count). The van der Waals surface area contributed by atoms with E-state index in [4.69, 9.17) is 10.00 Å². The third kappa shape index (κ3) is 3.80. The van der Waals surface area contributed by atoms with Crippen LogP contribution in [0.5, 0.6) is 0 Å². The Bertz CT molecular complexity index is 819. The van der Waals surface area contributed by atoms with Gasteiger partial charge in [0, 0.05) is 32.7 Å². The fourth-order valence-corrected chi connectivity index (χ4v) is 4.00. The third-order valence-corrected chi connectivity index (χ3v) is 5.55. The number of morpholine rings is 1. The minimum absolute atomic E-state index is 0.127. The van der Waals surface area contributed by atoms with Crippen LogP contribution in [0.1, 0.15) is 31.3 Å². The van der Waals surface area contributed by atoms with E-state index in [0.29, 0.717) is 12.3 Å². The number of rotatable bonds is 4. The van der Waals surface area contributed by atoms with Crippen molar-refractivity contribution in [2.24, 2.45) is 0 Å². The van der Waals surface area contributed by atoms with E-state index in [1.807, 2.05) is 16.8 Å². The SMILES string of the molecule is CCn1ncnc1CN1CCC2(CC1)CN(c1cccc(C#N)n1)CCO2. The predicted octanol–water partition coefficient (Wildman–Crippen LogP) is 1.44. The molecule has 2 aliphatic rings. The molecule has 2 saturated heterocycles. The first-order valence-corrected chi connectivity index (χ1v) is 9.56. The van der Waals surface area contributed by atoms with Gasteiger partial charge in [0.05, 0.1) is 18.8 Å². The maximum Gasteiger partial charge on any atom is 0.142 e. The van der Waals surface area contributed by atoms with E-state index < -0.39 is 0 Å². The molecule has 2 aromatic rings. The van der Waals surface area contributed by atoms with Crippen LogP contribution in [-0.4, -0.2) is 63.0 Å². The number of anilines is 1. The van der Waals surface area contributed by atoms with Crippen molar-refractivity contribution in [1.82, 2.24) is 24.6 Å². The van der Waals surface area contributed by atoms with Gasteiger partial charge in [0.2, 0.25) is 0 Å². The van der Waals surface area contributed by atoms with Crippen molar-refractivity contribution >= 4 is 5.82 Å². The number of aromatic nitrogens is 4. The summed E-state index contributed by atoms with van der Waals surface area (Å²) in [6.07, 6.45) is 3.61. The molecule has 0 aliphatic carbocycles. The van der Waals surface area contributed by atoms with Crippen molar-refractivity contribution in [3.63, 3.8) is 0 Å². The summed E-state index contributed by atoms with van der Waals surface area (Å²) in [5, 5.41) is 13.4. The summed E-state index contributed by atoms with van der Waals surface area (Å²) < 4.78 is 8.20. The number of aryl methyl sites for hydroxylation is 1. The van der Waals surface area contributed by atoms with Crippen LogP contribution in [0.4, 0.5) is 5.82 Å². The predicted molar refractivity (Wildman–Crippen MR) is 100 cm³/mol. The molecule has 0 radical (unpaired) electrons. The number of hydrogen-bond acceptors (Lipinski definition) is 7. The van der Waals surface area contributed by atoms with Crippen LogP contribution in [0.2, 0.25) is 0 Å². The zero-order valence-corrected chi connectivity index (χ0v) is 15.7. The monoisotopic (exact) mass is 367 g/mol. The second kappa shape index (κ2) is 7.62. The van der Waals surface area contributed by atoms with Crippen molar-refractivity contribution in [3.05, 3.63) is 36.0 Å². The van der Waals surface area contributed by atoms with Crippen LogP contribution in [-0.2, 0) is 17.8 Å². The Morgan fingerprint density at radius 1 is 1.26 bits per heavy atom. The molecule has 0 unspecified atom stereocenters. The van der Waals surface area contributed by atoms with Gasteiger partial charge in [0.1, 0.15) is 29.7 Å². The summed E-state index contributed by atoms with van der Waals surface area (Å²) in [7, 11) is 0. The third-order valence-electron chi connectivity index (χ3n) is 5.55. The number of likely N-dealkylation sites (tertiary alicyclic amines) is 1. The highest BCUT2D eigenvalue weighted by molar-refractivity contribution is 5.42. The zero-order valence-electron chi connectivity index (χ0n) is 15.7. The molecular formula is C19H25N7O. The molecule has 1 spiro atoms. The van der Waals surface area contributed by atoms with E-state index in [1.165, 1.54) is 0 Å². The van der Waals surface area contributed by atoms with Crippen molar-refractivity contribution in [3.8, 4) is 6.07 Å². The van der Waals surface area contributed by atoms with Crippen LogP contribution >= 0.6 is 0 Å². The first-order chi connectivity index (χ1) is 13.2. The van der Waals surface area contributed by atoms with Gasteiger partial charge < -0.3 is 9.64 Å². The minimum Gasteiger partial charge on any atom is -0.371 e. The summed E-state index contributed by atoms with van der Waals surface area (Å²) in [4.78, 5) is 13.5. The molecule has 0 aromatic carbocycles. The maximum atomic E-state index is 9.10. The Kier molecular flexibility index (Phi) is 5.05. The van der Waals surface area contributed by atoms with Crippen LogP contribution in [0.3, 0.4) is 0 Å². The Morgan fingerprint density at radius 2 is 2.11 bits per heavy atom. The molecule has 4 heterocycles. The minimum atomic E-state index is -0.127. The average molecular weight is 367 g/mol. The Hall–Kier alpha value is -2.50. The highest BCUT2D eigenvalue weighted by Crippen LogP contribution is 2.32. The molecule has 2 fully saturated rings. The van der Waals surface area contributed by atoms with Crippen molar-refractivity contribution < 1.29 is 4.74 Å². The normalized spacial score (nSPS) is 19.9. The summed E-state index contributed by atoms with van der Waals surface area (Å²) in [6, 6.07) is 7.75. The van der Waals surface area contributed by atoms with Crippen LogP contribution in [0.25, 0.3) is 0 Å². The summed E-state index contributed by atoms with van der Waals surface area (Å²) in [6.45, 7) is 8.07. The van der Waals surface area contributed by atoms with Gasteiger partial charge in [-0.25, -0.2) is 14.6 Å². The van der Waals surface area contributed by atoms with Crippen LogP contribution in [0.15, 0.2) is 24.5 Å². The first-order valence-electron chi connectivity index (χ1n) is 9.56. The lowest BCUT2D eigenvalue weighted by atomic mass is 9.89. The van der Waals surface area contributed by atoms with Crippen LogP contribution in [0, 0.1) is 11.3 Å². The molecule has 27 heavy (non-hydrogen) atoms. The van der Waals surface area contributed by atoms with Gasteiger partial charge in [0.15, 0.2) is 0 Å². The van der Waals surface area contributed by atoms with E-state index in [1.54, 1.807) is 12.4 Å². The quantitative estimate of drug-likeness (QED) is 0.808. The maximum absolute atomic E-state index is 9.10. The largest absolute Gasteiger partial charge is 0.371 e. The Balaban J connectivity index is 1.39. The molecule has 0 bridgehead atoms. The van der Waals surface area contributed by atoms with Gasteiger partial charge in [-0.3, -0.25) is 4.90 Å². The highest BCUT2D eigenvalue weighted by Gasteiger charge is 2.40. The molecule has 8 heteroatoms. The van der Waals surface area contributed by atoms with E-state index in [-0.39, 0.29) is 5.60 Å². The smallest absolute Gasteiger partial charge is 0.142 e. The second-order valence-electron chi connectivity index (χ2n) is 7.21. The van der Waals surface area contributed by atoms with E-state index in [0.717, 1.165) is 63.8 Å². The van der Waals surface area contributed by atoms with Gasteiger partial charge in [-0.2, -0.15) is 10.4 Å². The van der Waals surface area contributed by atoms with Gasteiger partial charge >= 0.3 is 0 Å². The second-order valence-corrected chi connectivity index (χ2v) is 7.21. The first kappa shape index (κ1) is 17.9. The molecule has 0 atom stereocenters. The number of ether oxygens (including phenoxy) is 1. The van der Waals surface area contributed by atoms with E-state index in [9.17, 15) is 0 Å². The molecule has 2 aliphatic heterocycles. The van der Waals surface area contributed by atoms with Gasteiger partial charge in [0.25, 0.3) is 0 Å². The number of nitriles is 1. The number of pyridine rings is 1. The number of nitrogens with zero attached hydrogens (tertiary/aromatic N) is 7. The topological polar surface area (TPSA) is 83.1 Å². The molecular weight excluding hydrogens is 342 g/mol. The molecule has 0 amide bonds. The van der Waals surface area contributed by atoms with Gasteiger partial charge in [-0.1, -0.05) is 6.07 Å². The van der Waals surface area contributed by atoms with E-state index >= 15 is 0 Å². The van der Waals surface area contributed by atoms with Crippen molar-refractivity contribution in [2.45, 2.75) is 38.5 Å². The standard InChI is InChI=1S/C19H25N7O/c1-2-26-18(21-15-22-26)13-24-8-6-19(7-9-24)14-25(10-11-27-19)17-5-3-4-16(12-20)23-17/h3-5,15H,2,6-11,13-14H2,1H3. The van der Waals surface area contributed by atoms with Crippen molar-refractivity contribution in [2.75, 3.05) is 37.7 Å². The van der Waals surface area contributed by atoms with Gasteiger partial charge in [-0.15, -0.1) is 0 Å². The van der Waals surface area contributed by atoms with Gasteiger partial charge in [-0.05, 0) is 31.9 Å².